The molecule has 0 aliphatic rings. The summed E-state index contributed by atoms with van der Waals surface area (Å²) in [7, 11) is 0. The lowest BCUT2D eigenvalue weighted by Gasteiger charge is -2.15. The van der Waals surface area contributed by atoms with Crippen molar-refractivity contribution in [3.63, 3.8) is 0 Å². The van der Waals surface area contributed by atoms with Gasteiger partial charge >= 0.3 is 12.4 Å². The van der Waals surface area contributed by atoms with Crippen LogP contribution in [0.5, 0.6) is 0 Å². The molecule has 0 aliphatic carbocycles. The summed E-state index contributed by atoms with van der Waals surface area (Å²) in [6.45, 7) is 1.32. The molecule has 0 bridgehead atoms. The highest BCUT2D eigenvalue weighted by molar-refractivity contribution is 6.02. The van der Waals surface area contributed by atoms with Crippen LogP contribution in [0.3, 0.4) is 0 Å². The van der Waals surface area contributed by atoms with E-state index in [1.54, 1.807) is 0 Å². The van der Waals surface area contributed by atoms with Gasteiger partial charge in [-0.15, -0.1) is 0 Å². The number of amides is 1. The van der Waals surface area contributed by atoms with Crippen molar-refractivity contribution in [2.45, 2.75) is 32.1 Å². The van der Waals surface area contributed by atoms with Crippen molar-refractivity contribution >= 4 is 17.3 Å². The van der Waals surface area contributed by atoms with Crippen molar-refractivity contribution in [3.05, 3.63) is 29.3 Å². The van der Waals surface area contributed by atoms with Gasteiger partial charge in [-0.25, -0.2) is 0 Å². The third-order valence-corrected chi connectivity index (χ3v) is 2.67. The first kappa shape index (κ1) is 18.0. The number of carbonyl (C=O) groups is 1. The first-order valence-corrected chi connectivity index (χ1v) is 6.00. The molecule has 3 nitrogen and oxygen atoms in total. The molecular formula is C13H12F6N2O. The van der Waals surface area contributed by atoms with E-state index in [4.69, 9.17) is 5.41 Å². The summed E-state index contributed by atoms with van der Waals surface area (Å²) in [5.41, 5.74) is -0.759. The fourth-order valence-electron chi connectivity index (χ4n) is 1.77. The fraction of sp³-hybridized carbons (Fsp3) is 0.385. The first-order chi connectivity index (χ1) is 9.89. The van der Waals surface area contributed by atoms with Crippen molar-refractivity contribution < 1.29 is 31.1 Å². The van der Waals surface area contributed by atoms with Gasteiger partial charge in [0.15, 0.2) is 0 Å². The van der Waals surface area contributed by atoms with Crippen LogP contribution in [0.4, 0.5) is 32.0 Å². The summed E-state index contributed by atoms with van der Waals surface area (Å²) in [4.78, 5) is 11.2. The summed E-state index contributed by atoms with van der Waals surface area (Å²) in [5, 5.41) is 9.42. The van der Waals surface area contributed by atoms with Gasteiger partial charge in [-0.3, -0.25) is 4.79 Å². The summed E-state index contributed by atoms with van der Waals surface area (Å²) in [6, 6.07) is 3.76. The molecule has 0 heterocycles. The molecule has 1 rings (SSSR count). The molecule has 1 aromatic carbocycles. The lowest BCUT2D eigenvalue weighted by molar-refractivity contribution is -0.150. The predicted molar refractivity (Wildman–Crippen MR) is 68.0 cm³/mol. The molecule has 0 aromatic heterocycles. The number of hydrogen-bond acceptors (Lipinski definition) is 2. The molecule has 122 valence electrons. The topological polar surface area (TPSA) is 53.0 Å². The van der Waals surface area contributed by atoms with E-state index in [2.05, 4.69) is 0 Å². The maximum absolute atomic E-state index is 12.3. The minimum Gasteiger partial charge on any atom is -0.326 e. The number of hydrogen-bond donors (Lipinski definition) is 2. The minimum absolute atomic E-state index is 0.0568. The van der Waals surface area contributed by atoms with Crippen molar-refractivity contribution in [3.8, 4) is 0 Å². The van der Waals surface area contributed by atoms with E-state index < -0.39 is 36.8 Å². The van der Waals surface area contributed by atoms with E-state index in [1.807, 2.05) is 5.32 Å². The van der Waals surface area contributed by atoms with Crippen LogP contribution in [-0.4, -0.2) is 24.0 Å². The Labute approximate surface area is 121 Å². The Morgan fingerprint density at radius 1 is 1.09 bits per heavy atom. The molecule has 1 amide bonds. The Bertz CT molecular complexity index is 577. The van der Waals surface area contributed by atoms with Gasteiger partial charge in [-0.05, 0) is 18.6 Å². The van der Waals surface area contributed by atoms with E-state index in [-0.39, 0.29) is 16.8 Å². The molecule has 0 radical (unpaired) electrons. The van der Waals surface area contributed by atoms with Gasteiger partial charge in [0.2, 0.25) is 5.91 Å². The summed E-state index contributed by atoms with van der Waals surface area (Å²) in [6.07, 6.45) is -12.4. The van der Waals surface area contributed by atoms with E-state index in [1.165, 1.54) is 25.1 Å². The van der Waals surface area contributed by atoms with Gasteiger partial charge in [0.1, 0.15) is 6.42 Å². The molecule has 22 heavy (non-hydrogen) atoms. The molecule has 9 heteroatoms. The Hall–Kier alpha value is -2.06. The first-order valence-electron chi connectivity index (χ1n) is 6.00. The molecule has 0 saturated heterocycles. The maximum Gasteiger partial charge on any atom is 0.397 e. The average molecular weight is 326 g/mol. The zero-order chi connectivity index (χ0) is 17.1. The molecule has 0 aliphatic heterocycles. The number of carbonyl (C=O) groups excluding carboxylic acids is 1. The van der Waals surface area contributed by atoms with Crippen LogP contribution in [0.25, 0.3) is 0 Å². The molecular weight excluding hydrogens is 314 g/mol. The number of halogens is 6. The highest BCUT2D eigenvalue weighted by Crippen LogP contribution is 2.27. The van der Waals surface area contributed by atoms with Gasteiger partial charge in [0, 0.05) is 17.0 Å². The van der Waals surface area contributed by atoms with Crippen LogP contribution < -0.4 is 5.32 Å². The zero-order valence-electron chi connectivity index (χ0n) is 11.3. The minimum atomic E-state index is -4.68. The van der Waals surface area contributed by atoms with Crippen molar-refractivity contribution in [1.82, 2.24) is 0 Å². The number of nitrogens with one attached hydrogen (secondary N) is 2. The van der Waals surface area contributed by atoms with E-state index in [0.717, 1.165) is 0 Å². The van der Waals surface area contributed by atoms with Gasteiger partial charge in [0.25, 0.3) is 0 Å². The van der Waals surface area contributed by atoms with Gasteiger partial charge in [-0.1, -0.05) is 12.1 Å². The van der Waals surface area contributed by atoms with Crippen molar-refractivity contribution in [2.24, 2.45) is 0 Å². The molecule has 0 saturated carbocycles. The lowest BCUT2D eigenvalue weighted by atomic mass is 10.00. The monoisotopic (exact) mass is 326 g/mol. The average Bonchev–Trinajstić information content (AvgIpc) is 2.26. The fourth-order valence-corrected chi connectivity index (χ4v) is 1.77. The van der Waals surface area contributed by atoms with Crippen molar-refractivity contribution in [2.75, 3.05) is 5.32 Å². The van der Waals surface area contributed by atoms with Crippen LogP contribution in [0.1, 0.15) is 24.0 Å². The number of benzene rings is 1. The van der Waals surface area contributed by atoms with E-state index >= 15 is 0 Å². The summed E-state index contributed by atoms with van der Waals surface area (Å²) >= 11 is 0. The van der Waals surface area contributed by atoms with Crippen molar-refractivity contribution in [1.29, 1.82) is 5.41 Å². The molecule has 0 spiro atoms. The third kappa shape index (κ3) is 5.74. The normalized spacial score (nSPS) is 12.1. The summed E-state index contributed by atoms with van der Waals surface area (Å²) < 4.78 is 73.1. The van der Waals surface area contributed by atoms with E-state index in [9.17, 15) is 31.1 Å². The van der Waals surface area contributed by atoms with Gasteiger partial charge in [0.05, 0.1) is 6.42 Å². The largest absolute Gasteiger partial charge is 0.397 e. The highest BCUT2D eigenvalue weighted by Gasteiger charge is 2.32. The van der Waals surface area contributed by atoms with Gasteiger partial charge < -0.3 is 10.7 Å². The predicted octanol–water partition coefficient (Wildman–Crippen LogP) is 4.21. The Morgan fingerprint density at radius 3 is 2.14 bits per heavy atom. The second-order valence-corrected chi connectivity index (χ2v) is 4.59. The standard InChI is InChI=1S/C13H12F6N2O/c1-7-8(9(20)5-12(14,15)16)3-2-4-10(7)21-11(22)6-13(17,18)19/h2-4,20H,5-6H2,1H3,(H,21,22). The zero-order valence-corrected chi connectivity index (χ0v) is 11.3. The molecule has 0 fully saturated rings. The third-order valence-electron chi connectivity index (χ3n) is 2.67. The van der Waals surface area contributed by atoms with E-state index in [0.29, 0.717) is 0 Å². The van der Waals surface area contributed by atoms with Crippen LogP contribution >= 0.6 is 0 Å². The Kier molecular flexibility index (Phi) is 5.21. The smallest absolute Gasteiger partial charge is 0.326 e. The molecule has 1 aromatic rings. The second-order valence-electron chi connectivity index (χ2n) is 4.59. The van der Waals surface area contributed by atoms with Crippen LogP contribution in [0.15, 0.2) is 18.2 Å². The number of alkyl halides is 6. The molecule has 0 unspecified atom stereocenters. The van der Waals surface area contributed by atoms with Crippen LogP contribution in [0.2, 0.25) is 0 Å². The van der Waals surface area contributed by atoms with Gasteiger partial charge in [-0.2, -0.15) is 26.3 Å². The lowest BCUT2D eigenvalue weighted by Crippen LogP contribution is -2.22. The molecule has 2 N–H and O–H groups in total. The molecule has 0 atom stereocenters. The Balaban J connectivity index is 2.94. The number of anilines is 1. The van der Waals surface area contributed by atoms with Crippen LogP contribution in [0, 0.1) is 12.3 Å². The summed E-state index contributed by atoms with van der Waals surface area (Å²) in [5.74, 6) is -1.32. The van der Waals surface area contributed by atoms with Crippen LogP contribution in [-0.2, 0) is 4.79 Å². The highest BCUT2D eigenvalue weighted by atomic mass is 19.4. The Morgan fingerprint density at radius 2 is 1.64 bits per heavy atom. The number of rotatable bonds is 4. The second kappa shape index (κ2) is 6.37. The maximum atomic E-state index is 12.3. The SMILES string of the molecule is Cc1c(NC(=O)CC(F)(F)F)cccc1C(=N)CC(F)(F)F. The quantitative estimate of drug-likeness (QED) is 0.632.